The van der Waals surface area contributed by atoms with E-state index in [4.69, 9.17) is 34.6 Å². The van der Waals surface area contributed by atoms with Gasteiger partial charge in [0.15, 0.2) is 11.6 Å². The highest BCUT2D eigenvalue weighted by Gasteiger charge is 2.53. The lowest BCUT2D eigenvalue weighted by atomic mass is 9.80. The van der Waals surface area contributed by atoms with E-state index in [9.17, 15) is 4.79 Å². The first kappa shape index (κ1) is 33.8. The van der Waals surface area contributed by atoms with E-state index >= 15 is 0 Å². The monoisotopic (exact) mass is 649 g/mol. The van der Waals surface area contributed by atoms with E-state index in [1.165, 1.54) is 0 Å². The van der Waals surface area contributed by atoms with Crippen LogP contribution in [-0.4, -0.2) is 56.4 Å². The molecule has 4 aromatic rings. The van der Waals surface area contributed by atoms with Crippen molar-refractivity contribution < 1.29 is 28.8 Å². The van der Waals surface area contributed by atoms with E-state index < -0.39 is 11.6 Å². The zero-order valence-corrected chi connectivity index (χ0v) is 27.0. The summed E-state index contributed by atoms with van der Waals surface area (Å²) in [4.78, 5) is 22.7. The highest BCUT2D eigenvalue weighted by Crippen LogP contribution is 2.44. The second-order valence-electron chi connectivity index (χ2n) is 11.2. The average Bonchev–Trinajstić information content (AvgIpc) is 3.51. The molecule has 0 saturated carbocycles. The Hall–Kier alpha value is -5.51. The molecule has 0 saturated heterocycles. The van der Waals surface area contributed by atoms with Gasteiger partial charge in [-0.3, -0.25) is 4.79 Å². The SMILES string of the molecule is COc1ccc(OC)c(CCNC(=O)[C@]2(Cc3ccccc3)N=C(c3ccc(OCCCO)cc3)O[C@@H]2c2ccccc2CN=[N+]=[N-])c1. The Labute approximate surface area is 279 Å². The predicted octanol–water partition coefficient (Wildman–Crippen LogP) is 6.13. The van der Waals surface area contributed by atoms with Gasteiger partial charge in [0.05, 0.1) is 27.4 Å². The maximum atomic E-state index is 14.6. The molecule has 2 atom stereocenters. The van der Waals surface area contributed by atoms with E-state index in [0.29, 0.717) is 60.3 Å². The van der Waals surface area contributed by atoms with Crippen molar-refractivity contribution in [2.45, 2.75) is 37.5 Å². The fourth-order valence-electron chi connectivity index (χ4n) is 5.75. The Kier molecular flexibility index (Phi) is 11.5. The molecule has 11 heteroatoms. The van der Waals surface area contributed by atoms with Crippen molar-refractivity contribution >= 4 is 11.8 Å². The highest BCUT2D eigenvalue weighted by atomic mass is 16.5. The first-order chi connectivity index (χ1) is 23.5. The number of carbonyl (C=O) groups is 1. The van der Waals surface area contributed by atoms with Gasteiger partial charge in [0.1, 0.15) is 17.2 Å². The van der Waals surface area contributed by atoms with Gasteiger partial charge in [-0.2, -0.15) is 0 Å². The van der Waals surface area contributed by atoms with Crippen molar-refractivity contribution in [1.82, 2.24) is 5.32 Å². The van der Waals surface area contributed by atoms with Crippen LogP contribution in [-0.2, 0) is 28.9 Å². The lowest BCUT2D eigenvalue weighted by molar-refractivity contribution is -0.128. The molecular formula is C37H39N5O6. The second kappa shape index (κ2) is 16.4. The summed E-state index contributed by atoms with van der Waals surface area (Å²) in [5.74, 6) is 2.03. The Morgan fingerprint density at radius 2 is 1.73 bits per heavy atom. The van der Waals surface area contributed by atoms with E-state index in [-0.39, 0.29) is 25.5 Å². The summed E-state index contributed by atoms with van der Waals surface area (Å²) in [6, 6.07) is 30.0. The maximum Gasteiger partial charge on any atom is 0.252 e. The van der Waals surface area contributed by atoms with Crippen LogP contribution in [0.25, 0.3) is 10.4 Å². The lowest BCUT2D eigenvalue weighted by Crippen LogP contribution is -2.50. The van der Waals surface area contributed by atoms with Crippen molar-refractivity contribution in [3.05, 3.63) is 135 Å². The summed E-state index contributed by atoms with van der Waals surface area (Å²) in [7, 11) is 3.21. The Balaban J connectivity index is 1.55. The molecule has 0 bridgehead atoms. The molecule has 248 valence electrons. The van der Waals surface area contributed by atoms with Crippen LogP contribution in [0.15, 0.2) is 107 Å². The number of methoxy groups -OCH3 is 2. The summed E-state index contributed by atoms with van der Waals surface area (Å²) in [5, 5.41) is 16.1. The third-order valence-corrected chi connectivity index (χ3v) is 8.16. The second-order valence-corrected chi connectivity index (χ2v) is 11.2. The van der Waals surface area contributed by atoms with E-state index in [2.05, 4.69) is 15.3 Å². The van der Waals surface area contributed by atoms with Crippen LogP contribution < -0.4 is 19.5 Å². The molecular weight excluding hydrogens is 610 g/mol. The number of aliphatic hydroxyl groups excluding tert-OH is 1. The fourth-order valence-corrected chi connectivity index (χ4v) is 5.75. The number of hydrogen-bond donors (Lipinski definition) is 2. The zero-order chi connectivity index (χ0) is 33.8. The molecule has 0 radical (unpaired) electrons. The molecule has 1 aliphatic rings. The van der Waals surface area contributed by atoms with Crippen molar-refractivity contribution in [3.63, 3.8) is 0 Å². The number of aliphatic hydroxyl groups is 1. The van der Waals surface area contributed by atoms with Crippen molar-refractivity contribution in [2.24, 2.45) is 10.1 Å². The Morgan fingerprint density at radius 3 is 2.46 bits per heavy atom. The minimum Gasteiger partial charge on any atom is -0.497 e. The maximum absolute atomic E-state index is 14.6. The van der Waals surface area contributed by atoms with Gasteiger partial charge < -0.3 is 29.4 Å². The van der Waals surface area contributed by atoms with Crippen LogP contribution in [0.3, 0.4) is 0 Å². The normalized spacial score (nSPS) is 16.6. The van der Waals surface area contributed by atoms with Crippen LogP contribution >= 0.6 is 0 Å². The number of rotatable bonds is 16. The van der Waals surface area contributed by atoms with Gasteiger partial charge in [-0.1, -0.05) is 59.7 Å². The number of aliphatic imine (C=N–C) groups is 1. The predicted molar refractivity (Wildman–Crippen MR) is 182 cm³/mol. The molecule has 2 N–H and O–H groups in total. The fraction of sp³-hybridized carbons (Fsp3) is 0.297. The number of carbonyl (C=O) groups excluding carboxylic acids is 1. The molecule has 1 aliphatic heterocycles. The van der Waals surface area contributed by atoms with E-state index in [1.54, 1.807) is 14.2 Å². The summed E-state index contributed by atoms with van der Waals surface area (Å²) in [6.45, 7) is 0.820. The smallest absolute Gasteiger partial charge is 0.252 e. The first-order valence-electron chi connectivity index (χ1n) is 15.7. The summed E-state index contributed by atoms with van der Waals surface area (Å²) < 4.78 is 23.4. The molecule has 48 heavy (non-hydrogen) atoms. The van der Waals surface area contributed by atoms with Gasteiger partial charge in [-0.05, 0) is 76.7 Å². The van der Waals surface area contributed by atoms with Crippen LogP contribution in [0.2, 0.25) is 0 Å². The molecule has 0 unspecified atom stereocenters. The molecule has 0 spiro atoms. The summed E-state index contributed by atoms with van der Waals surface area (Å²) >= 11 is 0. The summed E-state index contributed by atoms with van der Waals surface area (Å²) in [5.41, 5.74) is 11.6. The number of hydrogen-bond acceptors (Lipinski definition) is 8. The zero-order valence-electron chi connectivity index (χ0n) is 27.0. The highest BCUT2D eigenvalue weighted by molar-refractivity contribution is 6.01. The molecule has 11 nitrogen and oxygen atoms in total. The number of azide groups is 1. The molecule has 4 aromatic carbocycles. The van der Waals surface area contributed by atoms with Crippen LogP contribution in [0.4, 0.5) is 0 Å². The van der Waals surface area contributed by atoms with Crippen molar-refractivity contribution in [1.29, 1.82) is 0 Å². The van der Waals surface area contributed by atoms with Crippen molar-refractivity contribution in [3.8, 4) is 17.2 Å². The molecule has 0 fully saturated rings. The first-order valence-corrected chi connectivity index (χ1v) is 15.7. The quantitative estimate of drug-likeness (QED) is 0.0646. The number of ether oxygens (including phenoxy) is 4. The van der Waals surface area contributed by atoms with Gasteiger partial charge >= 0.3 is 0 Å². The van der Waals surface area contributed by atoms with Gasteiger partial charge in [0.25, 0.3) is 5.91 Å². The van der Waals surface area contributed by atoms with Gasteiger partial charge in [0.2, 0.25) is 5.90 Å². The Bertz CT molecular complexity index is 1760. The lowest BCUT2D eigenvalue weighted by Gasteiger charge is -2.32. The molecule has 1 heterocycles. The molecule has 0 aliphatic carbocycles. The van der Waals surface area contributed by atoms with Gasteiger partial charge in [0, 0.05) is 36.5 Å². The number of nitrogens with one attached hydrogen (secondary N) is 1. The topological polar surface area (TPSA) is 147 Å². The molecule has 0 aromatic heterocycles. The molecule has 5 rings (SSSR count). The van der Waals surface area contributed by atoms with E-state index in [1.807, 2.05) is 97.1 Å². The average molecular weight is 650 g/mol. The minimum atomic E-state index is -1.42. The third kappa shape index (κ3) is 7.88. The largest absolute Gasteiger partial charge is 0.497 e. The van der Waals surface area contributed by atoms with Crippen LogP contribution in [0.5, 0.6) is 17.2 Å². The number of amides is 1. The van der Waals surface area contributed by atoms with Crippen LogP contribution in [0, 0.1) is 0 Å². The number of nitrogens with zero attached hydrogens (tertiary/aromatic N) is 4. The standard InChI is InChI=1S/C37H39N5O6/c1-45-31-17-18-33(46-2)28(23-31)19-20-39-36(44)37(24-26-9-4-3-5-10-26)34(32-12-7-6-11-29(32)25-40-42-38)48-35(41-37)27-13-15-30(16-14-27)47-22-8-21-43/h3-7,9-18,23,34,43H,8,19-22,24-25H2,1-2H3,(H,39,44)/t34-,37-/m1/s1. The van der Waals surface area contributed by atoms with Gasteiger partial charge in [-0.25, -0.2) is 4.99 Å². The van der Waals surface area contributed by atoms with E-state index in [0.717, 1.165) is 16.7 Å². The minimum absolute atomic E-state index is 0.0456. The summed E-state index contributed by atoms with van der Waals surface area (Å²) in [6.07, 6.45) is 0.413. The third-order valence-electron chi connectivity index (χ3n) is 8.16. The number of benzene rings is 4. The molecule has 1 amide bonds. The van der Waals surface area contributed by atoms with Gasteiger partial charge in [-0.15, -0.1) is 0 Å². The van der Waals surface area contributed by atoms with Crippen LogP contribution in [0.1, 0.15) is 40.3 Å². The van der Waals surface area contributed by atoms with Crippen molar-refractivity contribution in [2.75, 3.05) is 34.0 Å². The Morgan fingerprint density at radius 1 is 0.979 bits per heavy atom.